The van der Waals surface area contributed by atoms with Crippen LogP contribution < -0.4 is 5.32 Å². The molecule has 2 atom stereocenters. The maximum Gasteiger partial charge on any atom is 0.120 e. The van der Waals surface area contributed by atoms with Gasteiger partial charge in [0.15, 0.2) is 0 Å². The smallest absolute Gasteiger partial charge is 0.120 e. The summed E-state index contributed by atoms with van der Waals surface area (Å²) < 4.78 is 10.8. The Kier molecular flexibility index (Phi) is 3.80. The van der Waals surface area contributed by atoms with Gasteiger partial charge in [-0.3, -0.25) is 0 Å². The number of furan rings is 1. The molecule has 1 N–H and O–H groups in total. The lowest BCUT2D eigenvalue weighted by Gasteiger charge is -2.20. The molecule has 1 fully saturated rings. The van der Waals surface area contributed by atoms with Crippen LogP contribution in [0, 0.1) is 0 Å². The van der Waals surface area contributed by atoms with E-state index in [1.807, 2.05) is 12.1 Å². The molecule has 1 aromatic heterocycles. The number of hydrogen-bond acceptors (Lipinski definition) is 3. The van der Waals surface area contributed by atoms with Crippen LogP contribution in [0.3, 0.4) is 0 Å². The van der Waals surface area contributed by atoms with Gasteiger partial charge >= 0.3 is 0 Å². The fourth-order valence-electron chi connectivity index (χ4n) is 2.04. The van der Waals surface area contributed by atoms with Gasteiger partial charge in [0, 0.05) is 19.3 Å². The van der Waals surface area contributed by atoms with E-state index in [4.69, 9.17) is 9.15 Å². The molecule has 0 spiro atoms. The summed E-state index contributed by atoms with van der Waals surface area (Å²) in [4.78, 5) is 0. The lowest BCUT2D eigenvalue weighted by atomic mass is 10.1. The predicted molar refractivity (Wildman–Crippen MR) is 58.7 cm³/mol. The van der Waals surface area contributed by atoms with Crippen LogP contribution in [0.15, 0.2) is 22.8 Å². The van der Waals surface area contributed by atoms with Crippen LogP contribution in [0.5, 0.6) is 0 Å². The minimum Gasteiger partial charge on any atom is -0.468 e. The molecule has 0 aromatic carbocycles. The quantitative estimate of drug-likeness (QED) is 0.830. The highest BCUT2D eigenvalue weighted by Crippen LogP contribution is 2.16. The van der Waals surface area contributed by atoms with Crippen molar-refractivity contribution < 1.29 is 9.15 Å². The molecule has 3 heteroatoms. The molecule has 84 valence electrons. The van der Waals surface area contributed by atoms with Crippen molar-refractivity contribution in [1.29, 1.82) is 0 Å². The molecule has 1 aromatic rings. The molecule has 0 bridgehead atoms. The molecular formula is C12H19NO2. The maximum absolute atomic E-state index is 5.43. The van der Waals surface area contributed by atoms with E-state index in [0.717, 1.165) is 31.8 Å². The molecule has 0 radical (unpaired) electrons. The fraction of sp³-hybridized carbons (Fsp3) is 0.667. The Labute approximate surface area is 90.8 Å². The zero-order chi connectivity index (χ0) is 10.5. The fourth-order valence-corrected chi connectivity index (χ4v) is 2.04. The highest BCUT2D eigenvalue weighted by molar-refractivity contribution is 5.03. The highest BCUT2D eigenvalue weighted by Gasteiger charge is 2.16. The molecule has 1 aliphatic heterocycles. The Hall–Kier alpha value is -0.800. The Balaban J connectivity index is 1.84. The van der Waals surface area contributed by atoms with E-state index in [-0.39, 0.29) is 0 Å². The van der Waals surface area contributed by atoms with Gasteiger partial charge in [0.2, 0.25) is 0 Å². The first-order valence-electron chi connectivity index (χ1n) is 5.73. The summed E-state index contributed by atoms with van der Waals surface area (Å²) in [6.45, 7) is 3.93. The van der Waals surface area contributed by atoms with Crippen LogP contribution in [0.1, 0.15) is 38.0 Å². The SMILES string of the molecule is CC(NC1CCCOCC1)c1ccco1. The third kappa shape index (κ3) is 3.08. The first-order valence-corrected chi connectivity index (χ1v) is 5.73. The zero-order valence-corrected chi connectivity index (χ0v) is 9.24. The topological polar surface area (TPSA) is 34.4 Å². The van der Waals surface area contributed by atoms with Crippen molar-refractivity contribution in [1.82, 2.24) is 5.32 Å². The average Bonchev–Trinajstić information content (AvgIpc) is 2.65. The highest BCUT2D eigenvalue weighted by atomic mass is 16.5. The summed E-state index contributed by atoms with van der Waals surface area (Å²) in [5.74, 6) is 1.01. The standard InChI is InChI=1S/C12H19NO2/c1-10(12-5-3-8-15-12)13-11-4-2-7-14-9-6-11/h3,5,8,10-11,13H,2,4,6-7,9H2,1H3. The van der Waals surface area contributed by atoms with Crippen molar-refractivity contribution in [2.45, 2.75) is 38.3 Å². The first-order chi connectivity index (χ1) is 7.36. The summed E-state index contributed by atoms with van der Waals surface area (Å²) in [7, 11) is 0. The van der Waals surface area contributed by atoms with Crippen LogP contribution in [-0.4, -0.2) is 19.3 Å². The Bertz CT molecular complexity index is 263. The zero-order valence-electron chi connectivity index (χ0n) is 9.24. The molecule has 2 rings (SSSR count). The molecule has 2 unspecified atom stereocenters. The molecule has 0 amide bonds. The minimum atomic E-state index is 0.295. The van der Waals surface area contributed by atoms with E-state index >= 15 is 0 Å². The van der Waals surface area contributed by atoms with E-state index in [2.05, 4.69) is 12.2 Å². The van der Waals surface area contributed by atoms with Crippen molar-refractivity contribution in [2.24, 2.45) is 0 Å². The van der Waals surface area contributed by atoms with E-state index in [1.54, 1.807) is 6.26 Å². The summed E-state index contributed by atoms with van der Waals surface area (Å²) in [6, 6.07) is 4.81. The Morgan fingerprint density at radius 3 is 3.13 bits per heavy atom. The number of hydrogen-bond donors (Lipinski definition) is 1. The third-order valence-corrected chi connectivity index (χ3v) is 2.91. The summed E-state index contributed by atoms with van der Waals surface area (Å²) in [6.07, 6.45) is 5.18. The van der Waals surface area contributed by atoms with Gasteiger partial charge in [-0.1, -0.05) is 0 Å². The normalized spacial score (nSPS) is 24.7. The largest absolute Gasteiger partial charge is 0.468 e. The molecule has 0 aliphatic carbocycles. The lowest BCUT2D eigenvalue weighted by molar-refractivity contribution is 0.142. The summed E-state index contributed by atoms with van der Waals surface area (Å²) in [5.41, 5.74) is 0. The molecule has 1 aliphatic rings. The predicted octanol–water partition coefficient (Wildman–Crippen LogP) is 2.50. The van der Waals surface area contributed by atoms with Gasteiger partial charge in [0.25, 0.3) is 0 Å². The number of rotatable bonds is 3. The molecule has 3 nitrogen and oxygen atoms in total. The van der Waals surface area contributed by atoms with Crippen molar-refractivity contribution in [3.8, 4) is 0 Å². The summed E-state index contributed by atoms with van der Waals surface area (Å²) >= 11 is 0. The molecule has 15 heavy (non-hydrogen) atoms. The van der Waals surface area contributed by atoms with Crippen LogP contribution in [0.2, 0.25) is 0 Å². The molecular weight excluding hydrogens is 190 g/mol. The van der Waals surface area contributed by atoms with Crippen LogP contribution in [0.25, 0.3) is 0 Å². The van der Waals surface area contributed by atoms with Gasteiger partial charge in [-0.15, -0.1) is 0 Å². The minimum absolute atomic E-state index is 0.295. The van der Waals surface area contributed by atoms with Gasteiger partial charge in [0.1, 0.15) is 5.76 Å². The van der Waals surface area contributed by atoms with Crippen molar-refractivity contribution >= 4 is 0 Å². The van der Waals surface area contributed by atoms with E-state index < -0.39 is 0 Å². The average molecular weight is 209 g/mol. The van der Waals surface area contributed by atoms with E-state index in [9.17, 15) is 0 Å². The van der Waals surface area contributed by atoms with Gasteiger partial charge in [-0.25, -0.2) is 0 Å². The van der Waals surface area contributed by atoms with Crippen molar-refractivity contribution in [2.75, 3.05) is 13.2 Å². The van der Waals surface area contributed by atoms with Crippen LogP contribution in [-0.2, 0) is 4.74 Å². The third-order valence-electron chi connectivity index (χ3n) is 2.91. The second-order valence-corrected chi connectivity index (χ2v) is 4.14. The Morgan fingerprint density at radius 1 is 1.40 bits per heavy atom. The van der Waals surface area contributed by atoms with Crippen molar-refractivity contribution in [3.05, 3.63) is 24.2 Å². The monoisotopic (exact) mass is 209 g/mol. The molecule has 2 heterocycles. The Morgan fingerprint density at radius 2 is 2.33 bits per heavy atom. The van der Waals surface area contributed by atoms with Gasteiger partial charge in [-0.2, -0.15) is 0 Å². The van der Waals surface area contributed by atoms with Gasteiger partial charge in [-0.05, 0) is 38.3 Å². The molecule has 0 saturated carbocycles. The van der Waals surface area contributed by atoms with E-state index in [1.165, 1.54) is 6.42 Å². The summed E-state index contributed by atoms with van der Waals surface area (Å²) in [5, 5.41) is 3.59. The molecule has 1 saturated heterocycles. The second kappa shape index (κ2) is 5.33. The van der Waals surface area contributed by atoms with Gasteiger partial charge < -0.3 is 14.5 Å². The number of ether oxygens (including phenoxy) is 1. The van der Waals surface area contributed by atoms with Crippen LogP contribution in [0.4, 0.5) is 0 Å². The van der Waals surface area contributed by atoms with E-state index in [0.29, 0.717) is 12.1 Å². The van der Waals surface area contributed by atoms with Crippen molar-refractivity contribution in [3.63, 3.8) is 0 Å². The lowest BCUT2D eigenvalue weighted by Crippen LogP contribution is -2.31. The number of nitrogens with one attached hydrogen (secondary N) is 1. The second-order valence-electron chi connectivity index (χ2n) is 4.14. The van der Waals surface area contributed by atoms with Gasteiger partial charge in [0.05, 0.1) is 12.3 Å². The van der Waals surface area contributed by atoms with Crippen LogP contribution >= 0.6 is 0 Å². The maximum atomic E-state index is 5.43. The first kappa shape index (κ1) is 10.7.